The molecule has 0 bridgehead atoms. The second-order valence-electron chi connectivity index (χ2n) is 13.3. The molecule has 0 atom stereocenters. The van der Waals surface area contributed by atoms with Crippen molar-refractivity contribution in [2.24, 2.45) is 0 Å². The second kappa shape index (κ2) is 11.2. The predicted molar refractivity (Wildman–Crippen MR) is 214 cm³/mol. The van der Waals surface area contributed by atoms with E-state index in [1.807, 2.05) is 36.4 Å². The van der Waals surface area contributed by atoms with Crippen LogP contribution in [0.2, 0.25) is 0 Å². The number of hydrogen-bond donors (Lipinski definition) is 0. The van der Waals surface area contributed by atoms with E-state index in [-0.39, 0.29) is 0 Å². The van der Waals surface area contributed by atoms with Crippen molar-refractivity contribution in [2.75, 3.05) is 0 Å². The Bertz CT molecular complexity index is 3120. The van der Waals surface area contributed by atoms with Crippen molar-refractivity contribution in [3.8, 4) is 34.4 Å². The molecule has 52 heavy (non-hydrogen) atoms. The Balaban J connectivity index is 1.27. The summed E-state index contributed by atoms with van der Waals surface area (Å²) in [6, 6.07) is 62.1. The van der Waals surface area contributed by atoms with Gasteiger partial charge in [0.25, 0.3) is 0 Å². The van der Waals surface area contributed by atoms with Crippen LogP contribution < -0.4 is 0 Å². The van der Waals surface area contributed by atoms with Gasteiger partial charge in [-0.25, -0.2) is 4.98 Å². The summed E-state index contributed by atoms with van der Waals surface area (Å²) in [4.78, 5) is 15.4. The highest BCUT2D eigenvalue weighted by molar-refractivity contribution is 6.19. The van der Waals surface area contributed by atoms with Crippen LogP contribution in [-0.4, -0.2) is 24.1 Å². The maximum absolute atomic E-state index is 5.22. The highest BCUT2D eigenvalue weighted by Crippen LogP contribution is 2.40. The van der Waals surface area contributed by atoms with Crippen LogP contribution in [-0.2, 0) is 0 Å². The largest absolute Gasteiger partial charge is 0.309 e. The Kier molecular flexibility index (Phi) is 6.18. The third kappa shape index (κ3) is 4.33. The minimum atomic E-state index is 0.577. The van der Waals surface area contributed by atoms with Crippen molar-refractivity contribution in [1.82, 2.24) is 24.1 Å². The molecule has 5 nitrogen and oxygen atoms in total. The lowest BCUT2D eigenvalue weighted by molar-refractivity contribution is 0.953. The fourth-order valence-corrected chi connectivity index (χ4v) is 7.94. The maximum atomic E-state index is 5.22. The zero-order valence-corrected chi connectivity index (χ0v) is 28.0. The number of benzene rings is 8. The van der Waals surface area contributed by atoms with E-state index < -0.39 is 0 Å². The van der Waals surface area contributed by atoms with Crippen LogP contribution in [0.25, 0.3) is 99.6 Å². The molecule has 0 aliphatic heterocycles. The van der Waals surface area contributed by atoms with Gasteiger partial charge >= 0.3 is 0 Å². The van der Waals surface area contributed by atoms with E-state index in [0.29, 0.717) is 17.6 Å². The Labute approximate surface area is 298 Å². The molecule has 0 N–H and O–H groups in total. The summed E-state index contributed by atoms with van der Waals surface area (Å²) in [6.07, 6.45) is 0. The van der Waals surface area contributed by atoms with Crippen LogP contribution in [0.5, 0.6) is 0 Å². The smallest absolute Gasteiger partial charge is 0.238 e. The van der Waals surface area contributed by atoms with Gasteiger partial charge in [-0.3, -0.25) is 4.57 Å². The molecule has 0 saturated carbocycles. The molecule has 8 aromatic carbocycles. The highest BCUT2D eigenvalue weighted by Gasteiger charge is 2.21. The Hall–Kier alpha value is -7.11. The van der Waals surface area contributed by atoms with Gasteiger partial charge in [0.15, 0.2) is 11.6 Å². The molecule has 0 radical (unpaired) electrons. The molecule has 242 valence electrons. The molecule has 0 aliphatic carbocycles. The fraction of sp³-hybridized carbons (Fsp3) is 0. The first-order valence-electron chi connectivity index (χ1n) is 17.5. The van der Waals surface area contributed by atoms with Gasteiger partial charge in [-0.15, -0.1) is 0 Å². The van der Waals surface area contributed by atoms with Crippen LogP contribution in [0.4, 0.5) is 0 Å². The lowest BCUT2D eigenvalue weighted by Gasteiger charge is -2.13. The van der Waals surface area contributed by atoms with E-state index in [9.17, 15) is 0 Å². The van der Waals surface area contributed by atoms with Gasteiger partial charge in [0, 0.05) is 43.7 Å². The van der Waals surface area contributed by atoms with E-state index in [1.165, 1.54) is 38.0 Å². The minimum Gasteiger partial charge on any atom is -0.309 e. The molecule has 0 aliphatic rings. The standard InChI is InChI=1S/C47H29N5/c1-3-14-31(15-4-1)45-48-46(32-16-5-2-6-17-32)50-47(49-45)52-42-28-34-19-8-7-18-33(34)27-40(42)38-26-24-35(29-43(38)52)51-41-22-12-11-21-37(41)39-25-23-30-13-9-10-20-36(30)44(39)51/h1-29H. The summed E-state index contributed by atoms with van der Waals surface area (Å²) in [6.45, 7) is 0. The number of fused-ring (bicyclic) bond motifs is 9. The number of aromatic nitrogens is 5. The molecular weight excluding hydrogens is 635 g/mol. The topological polar surface area (TPSA) is 48.5 Å². The zero-order chi connectivity index (χ0) is 34.2. The van der Waals surface area contributed by atoms with E-state index in [2.05, 4.69) is 149 Å². The van der Waals surface area contributed by atoms with Crippen LogP contribution >= 0.6 is 0 Å². The molecule has 0 saturated heterocycles. The fourth-order valence-electron chi connectivity index (χ4n) is 7.94. The molecule has 0 spiro atoms. The molecule has 3 heterocycles. The molecule has 0 fully saturated rings. The predicted octanol–water partition coefficient (Wildman–Crippen LogP) is 11.7. The van der Waals surface area contributed by atoms with E-state index in [0.717, 1.165) is 44.0 Å². The summed E-state index contributed by atoms with van der Waals surface area (Å²) in [5.41, 5.74) is 7.38. The van der Waals surface area contributed by atoms with E-state index in [4.69, 9.17) is 15.0 Å². The monoisotopic (exact) mass is 663 g/mol. The molecule has 11 aromatic rings. The first-order valence-corrected chi connectivity index (χ1v) is 17.5. The van der Waals surface area contributed by atoms with Crippen LogP contribution in [0.1, 0.15) is 0 Å². The van der Waals surface area contributed by atoms with Crippen molar-refractivity contribution < 1.29 is 0 Å². The van der Waals surface area contributed by atoms with Gasteiger partial charge in [0.2, 0.25) is 5.95 Å². The number of para-hydroxylation sites is 1. The first-order chi connectivity index (χ1) is 25.8. The maximum Gasteiger partial charge on any atom is 0.238 e. The lowest BCUT2D eigenvalue weighted by atomic mass is 10.1. The molecule has 0 amide bonds. The van der Waals surface area contributed by atoms with Gasteiger partial charge < -0.3 is 4.57 Å². The Morgan fingerprint density at radius 2 is 0.885 bits per heavy atom. The molecule has 3 aromatic heterocycles. The summed E-state index contributed by atoms with van der Waals surface area (Å²) in [5, 5.41) is 9.54. The average molecular weight is 664 g/mol. The lowest BCUT2D eigenvalue weighted by Crippen LogP contribution is -2.06. The van der Waals surface area contributed by atoms with Crippen molar-refractivity contribution >= 4 is 65.2 Å². The number of rotatable bonds is 4. The number of nitrogens with zero attached hydrogens (tertiary/aromatic N) is 5. The second-order valence-corrected chi connectivity index (χ2v) is 13.3. The Morgan fingerprint density at radius 1 is 0.327 bits per heavy atom. The van der Waals surface area contributed by atoms with Crippen LogP contribution in [0.15, 0.2) is 176 Å². The third-order valence-electron chi connectivity index (χ3n) is 10.3. The van der Waals surface area contributed by atoms with E-state index >= 15 is 0 Å². The van der Waals surface area contributed by atoms with Crippen molar-refractivity contribution in [1.29, 1.82) is 0 Å². The molecule has 5 heteroatoms. The molecular formula is C47H29N5. The van der Waals surface area contributed by atoms with Gasteiger partial charge in [-0.1, -0.05) is 146 Å². The van der Waals surface area contributed by atoms with Crippen molar-refractivity contribution in [3.05, 3.63) is 176 Å². The average Bonchev–Trinajstić information content (AvgIpc) is 3.72. The number of hydrogen-bond acceptors (Lipinski definition) is 3. The van der Waals surface area contributed by atoms with Crippen molar-refractivity contribution in [2.45, 2.75) is 0 Å². The highest BCUT2D eigenvalue weighted by atomic mass is 15.2. The van der Waals surface area contributed by atoms with Crippen LogP contribution in [0.3, 0.4) is 0 Å². The molecule has 11 rings (SSSR count). The van der Waals surface area contributed by atoms with Gasteiger partial charge in [0.05, 0.1) is 22.1 Å². The van der Waals surface area contributed by atoms with Gasteiger partial charge in [0.1, 0.15) is 0 Å². The summed E-state index contributed by atoms with van der Waals surface area (Å²) in [7, 11) is 0. The minimum absolute atomic E-state index is 0.577. The van der Waals surface area contributed by atoms with Gasteiger partial charge in [-0.05, 0) is 46.5 Å². The zero-order valence-electron chi connectivity index (χ0n) is 28.0. The normalized spacial score (nSPS) is 11.8. The van der Waals surface area contributed by atoms with Crippen molar-refractivity contribution in [3.63, 3.8) is 0 Å². The Morgan fingerprint density at radius 3 is 1.62 bits per heavy atom. The quantitative estimate of drug-likeness (QED) is 0.188. The van der Waals surface area contributed by atoms with E-state index in [1.54, 1.807) is 0 Å². The van der Waals surface area contributed by atoms with Gasteiger partial charge in [-0.2, -0.15) is 9.97 Å². The SMILES string of the molecule is c1ccc(-c2nc(-c3ccccc3)nc(-n3c4cc(-n5c6ccccc6c6ccc7ccccc7c65)ccc4c4cc5ccccc5cc43)n2)cc1. The summed E-state index contributed by atoms with van der Waals surface area (Å²) >= 11 is 0. The van der Waals surface area contributed by atoms with Crippen LogP contribution in [0, 0.1) is 0 Å². The molecule has 0 unspecified atom stereocenters. The summed E-state index contributed by atoms with van der Waals surface area (Å²) < 4.78 is 4.65. The third-order valence-corrected chi connectivity index (χ3v) is 10.3. The first kappa shape index (κ1) is 28.7. The summed E-state index contributed by atoms with van der Waals surface area (Å²) in [5.74, 6) is 1.84.